The normalized spacial score (nSPS) is 40.1. The number of carbonyl (C=O) groups excluding carboxylic acids is 1. The molecular formula is C18H25N3O3+2. The van der Waals surface area contributed by atoms with Gasteiger partial charge in [-0.1, -0.05) is 25.5 Å². The number of carbonyl (C=O) groups is 1. The highest BCUT2D eigenvalue weighted by Gasteiger charge is 2.69. The number of rotatable bonds is 4. The number of quaternary nitrogens is 2. The van der Waals surface area contributed by atoms with Crippen LogP contribution in [0.2, 0.25) is 0 Å². The summed E-state index contributed by atoms with van der Waals surface area (Å²) in [6.07, 6.45) is 2.04. The first-order chi connectivity index (χ1) is 11.4. The Kier molecular flexibility index (Phi) is 3.34. The highest BCUT2D eigenvalue weighted by Crippen LogP contribution is 2.40. The fourth-order valence-electron chi connectivity index (χ4n) is 5.89. The standard InChI is InChI=1S/C18H23N3O3/c1-3-8-18-11-19-9-17(2,16(18)22)10-20(12-18)15(19)13-6-4-5-7-14(13)21(23)24/h4-7,15H,3,8-12H2,1-2H3/p+2. The van der Waals surface area contributed by atoms with Gasteiger partial charge in [0, 0.05) is 6.07 Å². The molecule has 128 valence electrons. The van der Waals surface area contributed by atoms with Gasteiger partial charge in [0.1, 0.15) is 42.6 Å². The minimum Gasteiger partial charge on any atom is -0.297 e. The Balaban J connectivity index is 1.77. The molecule has 2 N–H and O–H groups in total. The van der Waals surface area contributed by atoms with Crippen molar-refractivity contribution in [2.75, 3.05) is 26.2 Å². The average Bonchev–Trinajstić information content (AvgIpc) is 2.52. The maximum absolute atomic E-state index is 13.1. The molecule has 24 heavy (non-hydrogen) atoms. The summed E-state index contributed by atoms with van der Waals surface area (Å²) in [5.74, 6) is 0.449. The quantitative estimate of drug-likeness (QED) is 0.591. The molecule has 1 aromatic rings. The van der Waals surface area contributed by atoms with Gasteiger partial charge in [0.05, 0.1) is 4.92 Å². The van der Waals surface area contributed by atoms with Crippen molar-refractivity contribution >= 4 is 11.5 Å². The van der Waals surface area contributed by atoms with Crippen molar-refractivity contribution in [3.63, 3.8) is 0 Å². The molecule has 1 aromatic carbocycles. The minimum atomic E-state index is -0.268. The summed E-state index contributed by atoms with van der Waals surface area (Å²) in [6, 6.07) is 7.14. The molecule has 0 amide bonds. The molecular weight excluding hydrogens is 306 g/mol. The monoisotopic (exact) mass is 331 g/mol. The largest absolute Gasteiger partial charge is 0.297 e. The fourth-order valence-corrected chi connectivity index (χ4v) is 5.89. The third-order valence-electron chi connectivity index (χ3n) is 6.38. The van der Waals surface area contributed by atoms with Crippen LogP contribution in [0.5, 0.6) is 0 Å². The second-order valence-electron chi connectivity index (χ2n) is 8.19. The van der Waals surface area contributed by atoms with Crippen molar-refractivity contribution in [3.05, 3.63) is 39.9 Å². The lowest BCUT2D eigenvalue weighted by atomic mass is 9.59. The number of hydrogen-bond donors (Lipinski definition) is 2. The summed E-state index contributed by atoms with van der Waals surface area (Å²) >= 11 is 0. The van der Waals surface area contributed by atoms with Gasteiger partial charge < -0.3 is 0 Å². The van der Waals surface area contributed by atoms with Gasteiger partial charge in [-0.15, -0.1) is 0 Å². The van der Waals surface area contributed by atoms with E-state index in [9.17, 15) is 14.9 Å². The molecule has 4 heterocycles. The molecule has 0 saturated carbocycles. The zero-order valence-corrected chi connectivity index (χ0v) is 14.3. The summed E-state index contributed by atoms with van der Waals surface area (Å²) < 4.78 is 0. The first-order valence-corrected chi connectivity index (χ1v) is 8.88. The van der Waals surface area contributed by atoms with Crippen molar-refractivity contribution < 1.29 is 19.5 Å². The van der Waals surface area contributed by atoms with Gasteiger partial charge in [0.25, 0.3) is 5.69 Å². The Labute approximate surface area is 141 Å². The summed E-state index contributed by atoms with van der Waals surface area (Å²) in [5, 5.41) is 11.5. The van der Waals surface area contributed by atoms with Crippen molar-refractivity contribution in [3.8, 4) is 0 Å². The van der Waals surface area contributed by atoms with Gasteiger partial charge in [-0.25, -0.2) is 0 Å². The molecule has 4 aliphatic heterocycles. The van der Waals surface area contributed by atoms with E-state index in [1.54, 1.807) is 12.1 Å². The van der Waals surface area contributed by atoms with Gasteiger partial charge >= 0.3 is 0 Å². The van der Waals surface area contributed by atoms with Crippen LogP contribution in [0.1, 0.15) is 38.4 Å². The van der Waals surface area contributed by atoms with Crippen LogP contribution >= 0.6 is 0 Å². The van der Waals surface area contributed by atoms with Crippen molar-refractivity contribution in [2.45, 2.75) is 32.9 Å². The lowest BCUT2D eigenvalue weighted by Crippen LogP contribution is -3.41. The summed E-state index contributed by atoms with van der Waals surface area (Å²) in [4.78, 5) is 27.0. The van der Waals surface area contributed by atoms with E-state index < -0.39 is 0 Å². The molecule has 4 aliphatic rings. The molecule has 0 aromatic heterocycles. The summed E-state index contributed by atoms with van der Waals surface area (Å²) in [6.45, 7) is 7.51. The van der Waals surface area contributed by atoms with Gasteiger partial charge in [-0.05, 0) is 19.4 Å². The Morgan fingerprint density at radius 1 is 1.21 bits per heavy atom. The number of ketones is 1. The maximum Gasteiger partial charge on any atom is 0.285 e. The second kappa shape index (κ2) is 5.10. The third kappa shape index (κ3) is 1.99. The van der Waals surface area contributed by atoms with E-state index in [0.717, 1.165) is 44.6 Å². The Morgan fingerprint density at radius 2 is 1.83 bits per heavy atom. The molecule has 6 nitrogen and oxygen atoms in total. The molecule has 0 aliphatic carbocycles. The Hall–Kier alpha value is -1.79. The highest BCUT2D eigenvalue weighted by molar-refractivity contribution is 5.91. The maximum atomic E-state index is 13.1. The zero-order chi connectivity index (χ0) is 17.1. The smallest absolute Gasteiger partial charge is 0.285 e. The minimum absolute atomic E-state index is 0.0813. The van der Waals surface area contributed by atoms with Crippen LogP contribution in [0.4, 0.5) is 5.69 Å². The number of Topliss-reactive ketones (excluding diaryl/α,β-unsaturated/α-hetero) is 1. The number of piperidine rings is 2. The highest BCUT2D eigenvalue weighted by atomic mass is 16.6. The summed E-state index contributed by atoms with van der Waals surface area (Å²) in [7, 11) is 0. The van der Waals surface area contributed by atoms with E-state index in [-0.39, 0.29) is 27.6 Å². The number of nitrogens with one attached hydrogen (secondary N) is 2. The molecule has 2 atom stereocenters. The Morgan fingerprint density at radius 3 is 2.42 bits per heavy atom. The number of benzene rings is 1. The molecule has 4 fully saturated rings. The van der Waals surface area contributed by atoms with Crippen LogP contribution in [0.25, 0.3) is 0 Å². The number of nitrogens with zero attached hydrogens (tertiary/aromatic N) is 1. The summed E-state index contributed by atoms with van der Waals surface area (Å²) in [5.41, 5.74) is 0.561. The van der Waals surface area contributed by atoms with E-state index >= 15 is 0 Å². The van der Waals surface area contributed by atoms with Gasteiger partial charge in [-0.2, -0.15) is 0 Å². The van der Waals surface area contributed by atoms with Crippen LogP contribution in [-0.4, -0.2) is 36.9 Å². The van der Waals surface area contributed by atoms with Crippen molar-refractivity contribution in [2.24, 2.45) is 10.8 Å². The first-order valence-electron chi connectivity index (χ1n) is 8.88. The van der Waals surface area contributed by atoms with Crippen molar-refractivity contribution in [1.29, 1.82) is 0 Å². The van der Waals surface area contributed by atoms with E-state index in [2.05, 4.69) is 13.8 Å². The lowest BCUT2D eigenvalue weighted by molar-refractivity contribution is -1.18. The lowest BCUT2D eigenvalue weighted by Gasteiger charge is -2.59. The van der Waals surface area contributed by atoms with E-state index in [1.165, 1.54) is 9.80 Å². The van der Waals surface area contributed by atoms with Crippen LogP contribution in [0.3, 0.4) is 0 Å². The first kappa shape index (κ1) is 15.7. The topological polar surface area (TPSA) is 69.1 Å². The molecule has 2 unspecified atom stereocenters. The zero-order valence-electron chi connectivity index (χ0n) is 14.3. The number of para-hydroxylation sites is 1. The van der Waals surface area contributed by atoms with Crippen LogP contribution < -0.4 is 9.80 Å². The average molecular weight is 331 g/mol. The van der Waals surface area contributed by atoms with Gasteiger partial charge in [0.15, 0.2) is 5.78 Å². The molecule has 6 heteroatoms. The van der Waals surface area contributed by atoms with E-state index in [0.29, 0.717) is 5.78 Å². The van der Waals surface area contributed by atoms with Gasteiger partial charge in [-0.3, -0.25) is 24.7 Å². The number of hydrogen-bond acceptors (Lipinski definition) is 3. The predicted molar refractivity (Wildman–Crippen MR) is 87.7 cm³/mol. The number of nitro benzene ring substituents is 1. The molecule has 0 spiro atoms. The van der Waals surface area contributed by atoms with Gasteiger partial charge in [0.2, 0.25) is 6.17 Å². The van der Waals surface area contributed by atoms with Crippen molar-refractivity contribution in [1.82, 2.24) is 0 Å². The predicted octanol–water partition coefficient (Wildman–Crippen LogP) is -0.234. The molecule has 4 bridgehead atoms. The van der Waals surface area contributed by atoms with Crippen LogP contribution in [-0.2, 0) is 4.79 Å². The SMILES string of the molecule is CCCC12C[NH+]3CC(C)(C[NH+](C1)C3c1ccccc1[N+](=O)[O-])C2=O. The number of nitro groups is 1. The molecule has 0 radical (unpaired) electrons. The van der Waals surface area contributed by atoms with Crippen LogP contribution in [0.15, 0.2) is 24.3 Å². The van der Waals surface area contributed by atoms with E-state index in [4.69, 9.17) is 0 Å². The molecule has 4 saturated heterocycles. The van der Waals surface area contributed by atoms with E-state index in [1.807, 2.05) is 12.1 Å². The third-order valence-corrected chi connectivity index (χ3v) is 6.38. The second-order valence-corrected chi connectivity index (χ2v) is 8.19. The fraction of sp³-hybridized carbons (Fsp3) is 0.611. The molecule has 5 rings (SSSR count). The van der Waals surface area contributed by atoms with Crippen LogP contribution in [0, 0.1) is 20.9 Å². The Bertz CT molecular complexity index is 701.